The van der Waals surface area contributed by atoms with Crippen LogP contribution in [0.5, 0.6) is 0 Å². The molecule has 2 N–H and O–H groups in total. The molecule has 0 unspecified atom stereocenters. The van der Waals surface area contributed by atoms with Gasteiger partial charge in [0.05, 0.1) is 26.4 Å². The molecule has 1 aliphatic heterocycles. The molecule has 7 heteroatoms. The molecule has 27 heavy (non-hydrogen) atoms. The summed E-state index contributed by atoms with van der Waals surface area (Å²) >= 11 is 0. The third-order valence-corrected chi connectivity index (χ3v) is 4.10. The summed E-state index contributed by atoms with van der Waals surface area (Å²) in [5, 5.41) is 9.27. The molecule has 1 aliphatic rings. The summed E-state index contributed by atoms with van der Waals surface area (Å²) < 4.78 is 5.36. The lowest BCUT2D eigenvalue weighted by atomic mass is 10.1. The van der Waals surface area contributed by atoms with Crippen LogP contribution in [-0.4, -0.2) is 52.7 Å². The monoisotopic (exact) mass is 376 g/mol. The van der Waals surface area contributed by atoms with Crippen LogP contribution >= 0.6 is 0 Å². The lowest BCUT2D eigenvalue weighted by molar-refractivity contribution is -0.307. The molecule has 0 aromatic heterocycles. The smallest absolute Gasteiger partial charge is 0.106 e. The van der Waals surface area contributed by atoms with Gasteiger partial charge in [-0.15, -0.1) is 0 Å². The Kier molecular flexibility index (Phi) is 8.63. The second-order valence-electron chi connectivity index (χ2n) is 6.24. The summed E-state index contributed by atoms with van der Waals surface area (Å²) in [6.45, 7) is 4.42. The van der Waals surface area contributed by atoms with Gasteiger partial charge in [-0.1, -0.05) is 12.1 Å². The Morgan fingerprint density at radius 2 is 1.07 bits per heavy atom. The second-order valence-corrected chi connectivity index (χ2v) is 6.24. The fourth-order valence-corrected chi connectivity index (χ4v) is 2.72. The standard InChI is InChI=1S/C20H28N2O5/c1-7-21-19-5-3-17-4-6-20(16-18(17)15-19)22-8-2-10-25-27-14-12-23-11-13-26-24-9-1/h3-6,15-16,21-22H,1-2,7-14H2. The van der Waals surface area contributed by atoms with Gasteiger partial charge >= 0.3 is 0 Å². The highest BCUT2D eigenvalue weighted by atomic mass is 17.2. The highest BCUT2D eigenvalue weighted by molar-refractivity contribution is 5.88. The van der Waals surface area contributed by atoms with Gasteiger partial charge < -0.3 is 15.4 Å². The maximum atomic E-state index is 5.36. The first-order valence-corrected chi connectivity index (χ1v) is 9.50. The van der Waals surface area contributed by atoms with Crippen LogP contribution in [0.2, 0.25) is 0 Å². The predicted octanol–water partition coefficient (Wildman–Crippen LogP) is 3.37. The van der Waals surface area contributed by atoms with E-state index in [1.807, 2.05) is 0 Å². The van der Waals surface area contributed by atoms with Crippen LogP contribution in [0.1, 0.15) is 12.8 Å². The first-order valence-electron chi connectivity index (χ1n) is 9.50. The first-order chi connectivity index (χ1) is 13.4. The number of anilines is 2. The van der Waals surface area contributed by atoms with Gasteiger partial charge in [0.1, 0.15) is 13.2 Å². The Morgan fingerprint density at radius 1 is 0.556 bits per heavy atom. The maximum Gasteiger partial charge on any atom is 0.106 e. The van der Waals surface area contributed by atoms with Gasteiger partial charge in [0.2, 0.25) is 0 Å². The molecular formula is C20H28N2O5. The van der Waals surface area contributed by atoms with E-state index < -0.39 is 0 Å². The molecule has 2 aromatic rings. The minimum absolute atomic E-state index is 0.396. The molecule has 0 atom stereocenters. The van der Waals surface area contributed by atoms with Crippen LogP contribution in [0.25, 0.3) is 10.8 Å². The zero-order chi connectivity index (χ0) is 18.6. The van der Waals surface area contributed by atoms with Crippen LogP contribution < -0.4 is 10.6 Å². The molecule has 3 bridgehead atoms. The van der Waals surface area contributed by atoms with Crippen molar-refractivity contribution in [2.45, 2.75) is 12.8 Å². The molecule has 0 spiro atoms. The maximum absolute atomic E-state index is 5.36. The molecule has 1 heterocycles. The first kappa shape index (κ1) is 19.9. The van der Waals surface area contributed by atoms with Crippen molar-refractivity contribution >= 4 is 22.1 Å². The fraction of sp³-hybridized carbons (Fsp3) is 0.500. The molecule has 0 radical (unpaired) electrons. The SMILES string of the molecule is c1cc2ccc3cc2cc1NCCCOOCCOCCOOCCCN3. The fourth-order valence-electron chi connectivity index (χ4n) is 2.72. The van der Waals surface area contributed by atoms with Crippen LogP contribution in [0, 0.1) is 0 Å². The van der Waals surface area contributed by atoms with Crippen molar-refractivity contribution in [2.24, 2.45) is 0 Å². The largest absolute Gasteiger partial charge is 0.385 e. The van der Waals surface area contributed by atoms with E-state index in [0.717, 1.165) is 37.3 Å². The van der Waals surface area contributed by atoms with Crippen LogP contribution in [0.15, 0.2) is 36.4 Å². The van der Waals surface area contributed by atoms with Crippen LogP contribution in [0.3, 0.4) is 0 Å². The number of hydrogen-bond acceptors (Lipinski definition) is 7. The molecule has 0 amide bonds. The van der Waals surface area contributed by atoms with E-state index >= 15 is 0 Å². The molecule has 0 aliphatic carbocycles. The predicted molar refractivity (Wildman–Crippen MR) is 105 cm³/mol. The second kappa shape index (κ2) is 11.7. The summed E-state index contributed by atoms with van der Waals surface area (Å²) in [7, 11) is 0. The molecule has 7 nitrogen and oxygen atoms in total. The minimum Gasteiger partial charge on any atom is -0.385 e. The number of fused-ring (bicyclic) bond motifs is 2. The van der Waals surface area contributed by atoms with Crippen molar-refractivity contribution in [3.63, 3.8) is 0 Å². The molecule has 3 rings (SSSR count). The zero-order valence-electron chi connectivity index (χ0n) is 15.6. The molecule has 0 fully saturated rings. The Hall–Kier alpha value is -1.90. The van der Waals surface area contributed by atoms with Gasteiger partial charge in [-0.05, 0) is 47.9 Å². The van der Waals surface area contributed by atoms with E-state index in [1.54, 1.807) is 0 Å². The number of rotatable bonds is 0. The van der Waals surface area contributed by atoms with Crippen molar-refractivity contribution in [1.82, 2.24) is 0 Å². The van der Waals surface area contributed by atoms with Gasteiger partial charge in [0.25, 0.3) is 0 Å². The Labute approximate surface area is 159 Å². The lowest BCUT2D eigenvalue weighted by Gasteiger charge is -2.11. The van der Waals surface area contributed by atoms with E-state index in [2.05, 4.69) is 47.0 Å². The number of nitrogens with one attached hydrogen (secondary N) is 2. The van der Waals surface area contributed by atoms with Gasteiger partial charge in [-0.2, -0.15) is 0 Å². The summed E-state index contributed by atoms with van der Waals surface area (Å²) in [5.74, 6) is 0. The molecular weight excluding hydrogens is 348 g/mol. The normalized spacial score (nSPS) is 19.0. The van der Waals surface area contributed by atoms with Gasteiger partial charge in [0.15, 0.2) is 0 Å². The highest BCUT2D eigenvalue weighted by Crippen LogP contribution is 2.23. The third kappa shape index (κ3) is 7.32. The quantitative estimate of drug-likeness (QED) is 0.683. The minimum atomic E-state index is 0.396. The van der Waals surface area contributed by atoms with Crippen LogP contribution in [0.4, 0.5) is 11.4 Å². The Bertz CT molecular complexity index is 630. The summed E-state index contributed by atoms with van der Waals surface area (Å²) in [4.78, 5) is 20.4. The van der Waals surface area contributed by atoms with Gasteiger partial charge in [-0.3, -0.25) is 0 Å². The highest BCUT2D eigenvalue weighted by Gasteiger charge is 2.00. The summed E-state index contributed by atoms with van der Waals surface area (Å²) in [6, 6.07) is 12.8. The van der Waals surface area contributed by atoms with Crippen molar-refractivity contribution in [1.29, 1.82) is 0 Å². The molecule has 2 aromatic carbocycles. The average molecular weight is 376 g/mol. The van der Waals surface area contributed by atoms with E-state index in [0.29, 0.717) is 39.6 Å². The van der Waals surface area contributed by atoms with Crippen molar-refractivity contribution in [3.05, 3.63) is 36.4 Å². The summed E-state index contributed by atoms with van der Waals surface area (Å²) in [5.41, 5.74) is 2.20. The Balaban J connectivity index is 1.55. The average Bonchev–Trinajstić information content (AvgIpc) is 2.69. The molecule has 0 saturated carbocycles. The topological polar surface area (TPSA) is 70.2 Å². The van der Waals surface area contributed by atoms with E-state index in [4.69, 9.17) is 24.3 Å². The van der Waals surface area contributed by atoms with Crippen molar-refractivity contribution in [3.8, 4) is 0 Å². The number of hydrogen-bond donors (Lipinski definition) is 2. The molecule has 148 valence electrons. The van der Waals surface area contributed by atoms with E-state index in [9.17, 15) is 0 Å². The Morgan fingerprint density at radius 3 is 1.63 bits per heavy atom. The van der Waals surface area contributed by atoms with E-state index in [-0.39, 0.29) is 0 Å². The molecule has 0 saturated heterocycles. The van der Waals surface area contributed by atoms with Crippen molar-refractivity contribution in [2.75, 3.05) is 63.4 Å². The van der Waals surface area contributed by atoms with Crippen molar-refractivity contribution < 1.29 is 24.3 Å². The number of ether oxygens (including phenoxy) is 1. The third-order valence-electron chi connectivity index (χ3n) is 4.10. The van der Waals surface area contributed by atoms with Crippen LogP contribution in [-0.2, 0) is 24.3 Å². The zero-order valence-corrected chi connectivity index (χ0v) is 15.6. The van der Waals surface area contributed by atoms with Gasteiger partial charge in [-0.25, -0.2) is 19.6 Å². The summed E-state index contributed by atoms with van der Waals surface area (Å²) in [6.07, 6.45) is 1.71. The lowest BCUT2D eigenvalue weighted by Crippen LogP contribution is -2.12. The van der Waals surface area contributed by atoms with E-state index in [1.165, 1.54) is 10.8 Å². The number of benzene rings is 2. The van der Waals surface area contributed by atoms with Gasteiger partial charge in [0, 0.05) is 24.5 Å².